The van der Waals surface area contributed by atoms with Crippen LogP contribution in [0.5, 0.6) is 46.0 Å². The van der Waals surface area contributed by atoms with Crippen LogP contribution in [0, 0.1) is 31.3 Å². The smallest absolute Gasteiger partial charge is 0.127 e. The molecular formula is C64H71Cl2IO5. The highest BCUT2D eigenvalue weighted by molar-refractivity contribution is 14.1. The quantitative estimate of drug-likeness (QED) is 0.162. The molecule has 378 valence electrons. The predicted octanol–water partition coefficient (Wildman–Crippen LogP) is 20.3. The number of aromatic hydroxyl groups is 2. The molecule has 0 spiro atoms. The van der Waals surface area contributed by atoms with E-state index in [1.807, 2.05) is 141 Å². The van der Waals surface area contributed by atoms with Crippen LogP contribution >= 0.6 is 45.8 Å². The molecule has 0 atom stereocenters. The number of rotatable bonds is 6. The molecule has 5 nitrogen and oxygen atoms in total. The second-order valence-corrected chi connectivity index (χ2v) is 22.8. The van der Waals surface area contributed by atoms with Crippen molar-refractivity contribution in [2.75, 3.05) is 0 Å². The van der Waals surface area contributed by atoms with Gasteiger partial charge in [-0.3, -0.25) is 0 Å². The second kappa shape index (κ2) is 27.2. The molecule has 0 bridgehead atoms. The molecule has 0 unspecified atom stereocenters. The number of phenolic OH excluding ortho intramolecular Hbond substituents is 2. The molecule has 8 aromatic carbocycles. The van der Waals surface area contributed by atoms with Gasteiger partial charge in [-0.2, -0.15) is 0 Å². The molecule has 0 aliphatic heterocycles. The Morgan fingerprint density at radius 1 is 0.319 bits per heavy atom. The molecule has 8 rings (SSSR count). The van der Waals surface area contributed by atoms with E-state index in [1.165, 1.54) is 31.4 Å². The van der Waals surface area contributed by atoms with Crippen molar-refractivity contribution in [1.29, 1.82) is 0 Å². The molecule has 0 saturated heterocycles. The van der Waals surface area contributed by atoms with Gasteiger partial charge in [0.15, 0.2) is 0 Å². The fourth-order valence-corrected chi connectivity index (χ4v) is 7.48. The van der Waals surface area contributed by atoms with Gasteiger partial charge in [-0.05, 0) is 239 Å². The number of hydrogen-bond donors (Lipinski definition) is 2. The van der Waals surface area contributed by atoms with E-state index in [-0.39, 0.29) is 16.2 Å². The van der Waals surface area contributed by atoms with Crippen LogP contribution < -0.4 is 14.2 Å². The molecule has 0 aromatic heterocycles. The third kappa shape index (κ3) is 21.8. The fourth-order valence-electron chi connectivity index (χ4n) is 6.87. The molecule has 0 aliphatic carbocycles. The maximum atomic E-state index is 9.02. The molecule has 8 aromatic rings. The summed E-state index contributed by atoms with van der Waals surface area (Å²) < 4.78 is 18.8. The van der Waals surface area contributed by atoms with E-state index in [2.05, 4.69) is 129 Å². The third-order valence-corrected chi connectivity index (χ3v) is 11.9. The molecule has 2 N–H and O–H groups in total. The highest BCUT2D eigenvalue weighted by Gasteiger charge is 2.15. The van der Waals surface area contributed by atoms with Crippen LogP contribution in [-0.2, 0) is 16.2 Å². The highest BCUT2D eigenvalue weighted by atomic mass is 127. The van der Waals surface area contributed by atoms with Crippen LogP contribution in [0.2, 0.25) is 10.0 Å². The van der Waals surface area contributed by atoms with Gasteiger partial charge in [-0.1, -0.05) is 134 Å². The number of hydrogen-bond acceptors (Lipinski definition) is 5. The Hall–Kier alpha value is -5.93. The van der Waals surface area contributed by atoms with Gasteiger partial charge < -0.3 is 24.4 Å². The summed E-state index contributed by atoms with van der Waals surface area (Å²) in [5.41, 5.74) is 8.92. The van der Waals surface area contributed by atoms with Crippen molar-refractivity contribution >= 4 is 45.8 Å². The van der Waals surface area contributed by atoms with Gasteiger partial charge >= 0.3 is 0 Å². The number of benzene rings is 8. The van der Waals surface area contributed by atoms with Crippen LogP contribution in [0.3, 0.4) is 0 Å². The van der Waals surface area contributed by atoms with Crippen molar-refractivity contribution in [1.82, 2.24) is 0 Å². The van der Waals surface area contributed by atoms with E-state index in [4.69, 9.17) is 47.6 Å². The summed E-state index contributed by atoms with van der Waals surface area (Å²) in [6, 6.07) is 58.3. The van der Waals surface area contributed by atoms with Crippen LogP contribution in [0.4, 0.5) is 0 Å². The van der Waals surface area contributed by atoms with Gasteiger partial charge in [0.25, 0.3) is 0 Å². The summed E-state index contributed by atoms with van der Waals surface area (Å²) in [5, 5.41) is 19.5. The molecule has 8 heteroatoms. The van der Waals surface area contributed by atoms with Gasteiger partial charge in [0.05, 0.1) is 0 Å². The minimum Gasteiger partial charge on any atom is -0.508 e. The van der Waals surface area contributed by atoms with Crippen molar-refractivity contribution in [3.63, 3.8) is 0 Å². The maximum Gasteiger partial charge on any atom is 0.127 e. The lowest BCUT2D eigenvalue weighted by atomic mass is 9.87. The zero-order chi connectivity index (χ0) is 53.2. The van der Waals surface area contributed by atoms with E-state index in [0.717, 1.165) is 50.6 Å². The molecule has 0 saturated carbocycles. The second-order valence-electron chi connectivity index (χ2n) is 20.7. The lowest BCUT2D eigenvalue weighted by molar-refractivity contribution is 0.468. The van der Waals surface area contributed by atoms with Crippen molar-refractivity contribution in [2.45, 2.75) is 106 Å². The Bertz CT molecular complexity index is 2770. The fraction of sp³-hybridized carbons (Fsp3) is 0.250. The van der Waals surface area contributed by atoms with Crippen LogP contribution in [0.1, 0.15) is 101 Å². The summed E-state index contributed by atoms with van der Waals surface area (Å²) >= 11 is 13.7. The molecular weight excluding hydrogens is 1050 g/mol. The van der Waals surface area contributed by atoms with Gasteiger partial charge in [-0.25, -0.2) is 0 Å². The Morgan fingerprint density at radius 3 is 0.861 bits per heavy atom. The first-order valence-corrected chi connectivity index (χ1v) is 25.7. The first-order valence-electron chi connectivity index (χ1n) is 23.9. The number of halogens is 3. The lowest BCUT2D eigenvalue weighted by Gasteiger charge is -2.19. The average molecular weight is 1120 g/mol. The number of phenols is 2. The Kier molecular flexibility index (Phi) is 22.2. The lowest BCUT2D eigenvalue weighted by Crippen LogP contribution is -2.10. The molecule has 72 heavy (non-hydrogen) atoms. The van der Waals surface area contributed by atoms with Gasteiger partial charge in [0.2, 0.25) is 0 Å². The SMILES string of the molecule is CC(C)(C)c1ccc(O)cc1.CC(C)(C)c1ccc(Oc2ccc(Cl)cc2)cc1.Cc1cc(C)cc(O)c1.Cc1cc(C)cc(Oc2ccc(Oc3ccc(C(C)(C)C)cc3)cc2)c1.Clc1ccc(I)cc1. The summed E-state index contributed by atoms with van der Waals surface area (Å²) in [6.45, 7) is 27.7. The van der Waals surface area contributed by atoms with E-state index in [0.29, 0.717) is 16.5 Å². The van der Waals surface area contributed by atoms with E-state index >= 15 is 0 Å². The van der Waals surface area contributed by atoms with Gasteiger partial charge in [-0.15, -0.1) is 0 Å². The summed E-state index contributed by atoms with van der Waals surface area (Å²) in [4.78, 5) is 0. The van der Waals surface area contributed by atoms with Crippen LogP contribution in [-0.4, -0.2) is 10.2 Å². The Balaban J connectivity index is 0.000000211. The average Bonchev–Trinajstić information content (AvgIpc) is 3.29. The largest absolute Gasteiger partial charge is 0.508 e. The predicted molar refractivity (Wildman–Crippen MR) is 313 cm³/mol. The third-order valence-electron chi connectivity index (χ3n) is 10.7. The van der Waals surface area contributed by atoms with E-state index in [9.17, 15) is 0 Å². The maximum absolute atomic E-state index is 9.02. The normalized spacial score (nSPS) is 10.9. The monoisotopic (exact) mass is 1120 g/mol. The minimum absolute atomic E-state index is 0.145. The molecule has 0 radical (unpaired) electrons. The standard InChI is InChI=1S/C24H26O2.C16H17ClO.C10H14O.C8H10O.C6H4ClI/c1-17-14-18(2)16-23(15-17)26-22-12-10-21(11-13-22)25-20-8-6-19(7-9-20)24(3,4)5;1-16(2,3)12-4-8-14(9-5-12)18-15-10-6-13(17)7-11-15;1-10(2,3)8-4-6-9(11)7-5-8;1-6-3-7(2)5-8(9)4-6;7-5-1-3-6(8)4-2-5/h6-16H,1-5H3;4-11H,1-3H3;4-7,11H,1-3H3;3-5,9H,1-2H3;1-4H. The van der Waals surface area contributed by atoms with Gasteiger partial charge in [0.1, 0.15) is 46.0 Å². The zero-order valence-electron chi connectivity index (χ0n) is 44.1. The topological polar surface area (TPSA) is 68.2 Å². The zero-order valence-corrected chi connectivity index (χ0v) is 47.7. The minimum atomic E-state index is 0.145. The highest BCUT2D eigenvalue weighted by Crippen LogP contribution is 2.31. The van der Waals surface area contributed by atoms with Crippen molar-refractivity contribution in [3.05, 3.63) is 235 Å². The van der Waals surface area contributed by atoms with Crippen molar-refractivity contribution < 1.29 is 24.4 Å². The summed E-state index contributed by atoms with van der Waals surface area (Å²) in [7, 11) is 0. The first kappa shape index (κ1) is 58.6. The van der Waals surface area contributed by atoms with E-state index in [1.54, 1.807) is 24.3 Å². The Morgan fingerprint density at radius 2 is 0.569 bits per heavy atom. The first-order chi connectivity index (χ1) is 33.7. The van der Waals surface area contributed by atoms with E-state index < -0.39 is 0 Å². The molecule has 0 amide bonds. The van der Waals surface area contributed by atoms with Crippen LogP contribution in [0.25, 0.3) is 0 Å². The molecule has 0 fully saturated rings. The summed E-state index contributed by atoms with van der Waals surface area (Å²) in [6.07, 6.45) is 0. The molecule has 0 aliphatic rings. The van der Waals surface area contributed by atoms with Crippen molar-refractivity contribution in [3.8, 4) is 46.0 Å². The van der Waals surface area contributed by atoms with Crippen LogP contribution in [0.15, 0.2) is 182 Å². The Labute approximate surface area is 453 Å². The van der Waals surface area contributed by atoms with Crippen molar-refractivity contribution in [2.24, 2.45) is 0 Å². The number of aryl methyl sites for hydroxylation is 4. The molecule has 0 heterocycles. The number of ether oxygens (including phenoxy) is 3. The summed E-state index contributed by atoms with van der Waals surface area (Å²) in [5.74, 6) is 5.60. The van der Waals surface area contributed by atoms with Gasteiger partial charge in [0, 0.05) is 13.6 Å².